The Bertz CT molecular complexity index is 682. The first-order chi connectivity index (χ1) is 10.8. The highest BCUT2D eigenvalue weighted by molar-refractivity contribution is 6.07. The van der Waals surface area contributed by atoms with Crippen LogP contribution in [0.5, 0.6) is 0 Å². The number of carbonyl (C=O) groups excluding carboxylic acids is 2. The average Bonchev–Trinajstić information content (AvgIpc) is 2.69. The van der Waals surface area contributed by atoms with Gasteiger partial charge in [-0.2, -0.15) is 0 Å². The van der Waals surface area contributed by atoms with Gasteiger partial charge in [0.1, 0.15) is 0 Å². The molecule has 23 heavy (non-hydrogen) atoms. The molecule has 4 aliphatic rings. The number of hydrogen-bond acceptors (Lipinski definition) is 2. The first-order valence-electron chi connectivity index (χ1n) is 8.96. The molecule has 4 aliphatic carbocycles. The van der Waals surface area contributed by atoms with Gasteiger partial charge in [-0.1, -0.05) is 32.6 Å². The number of carbonyl (C=O) groups is 2. The third-order valence-electron chi connectivity index (χ3n) is 7.69. The molecule has 4 rings (SSSR count). The smallest absolute Gasteiger partial charge is 0.169 e. The molecule has 3 saturated carbocycles. The lowest BCUT2D eigenvalue weighted by Gasteiger charge is -2.56. The van der Waals surface area contributed by atoms with E-state index in [2.05, 4.69) is 27.0 Å². The first-order valence-corrected chi connectivity index (χ1v) is 8.96. The average molecular weight is 310 g/mol. The largest absolute Gasteiger partial charge is 0.295 e. The molecule has 0 aliphatic heterocycles. The van der Waals surface area contributed by atoms with E-state index in [0.717, 1.165) is 37.7 Å². The van der Waals surface area contributed by atoms with Crippen molar-refractivity contribution in [1.82, 2.24) is 0 Å². The highest BCUT2D eigenvalue weighted by Gasteiger charge is 2.61. The zero-order valence-electron chi connectivity index (χ0n) is 14.3. The lowest BCUT2D eigenvalue weighted by atomic mass is 9.47. The number of hydrogen-bond donors (Lipinski definition) is 0. The van der Waals surface area contributed by atoms with Gasteiger partial charge in [0.05, 0.1) is 0 Å². The minimum Gasteiger partial charge on any atom is -0.295 e. The van der Waals surface area contributed by atoms with Crippen molar-refractivity contribution < 1.29 is 9.59 Å². The molecule has 0 aromatic heterocycles. The van der Waals surface area contributed by atoms with Crippen LogP contribution in [0, 0.1) is 28.6 Å². The van der Waals surface area contributed by atoms with E-state index < -0.39 is 0 Å². The molecule has 2 heteroatoms. The van der Waals surface area contributed by atoms with Crippen LogP contribution >= 0.6 is 0 Å². The van der Waals surface area contributed by atoms with Gasteiger partial charge in [-0.3, -0.25) is 9.59 Å². The van der Waals surface area contributed by atoms with Crippen molar-refractivity contribution in [2.75, 3.05) is 0 Å². The predicted octanol–water partition coefficient (Wildman–Crippen LogP) is 4.42. The first kappa shape index (κ1) is 15.1. The van der Waals surface area contributed by atoms with E-state index in [1.165, 1.54) is 5.57 Å². The van der Waals surface area contributed by atoms with Crippen LogP contribution in [0.25, 0.3) is 0 Å². The molecule has 0 spiro atoms. The minimum absolute atomic E-state index is 0.144. The molecule has 0 N–H and O–H groups in total. The second-order valence-corrected chi connectivity index (χ2v) is 8.63. The van der Waals surface area contributed by atoms with Crippen LogP contribution in [0.1, 0.15) is 52.4 Å². The van der Waals surface area contributed by atoms with Crippen LogP contribution in [0.15, 0.2) is 36.0 Å². The molecular formula is C21H26O2. The lowest BCUT2D eigenvalue weighted by molar-refractivity contribution is -0.130. The summed E-state index contributed by atoms with van der Waals surface area (Å²) in [5.41, 5.74) is 2.90. The zero-order chi connectivity index (χ0) is 16.6. The number of rotatable bonds is 0. The summed E-state index contributed by atoms with van der Waals surface area (Å²) in [6.07, 6.45) is 7.70. The van der Waals surface area contributed by atoms with Gasteiger partial charge in [-0.15, -0.1) is 0 Å². The maximum Gasteiger partial charge on any atom is 0.169 e. The SMILES string of the molecule is C=C1C(=C)[C@H]2[C@@H]3CCC4=CC(=O)CC[C@]4(C)[C@@H]3CC[C@]2(C)C1=O. The quantitative estimate of drug-likeness (QED) is 0.621. The number of allylic oxidation sites excluding steroid dienone is 3. The van der Waals surface area contributed by atoms with Crippen LogP contribution in [-0.4, -0.2) is 11.6 Å². The van der Waals surface area contributed by atoms with Crippen molar-refractivity contribution in [3.05, 3.63) is 36.0 Å². The maximum absolute atomic E-state index is 12.7. The van der Waals surface area contributed by atoms with Crippen LogP contribution in [0.3, 0.4) is 0 Å². The van der Waals surface area contributed by atoms with E-state index >= 15 is 0 Å². The summed E-state index contributed by atoms with van der Waals surface area (Å²) in [5, 5.41) is 0. The third kappa shape index (κ3) is 1.75. The van der Waals surface area contributed by atoms with Gasteiger partial charge < -0.3 is 0 Å². The third-order valence-corrected chi connectivity index (χ3v) is 7.69. The van der Waals surface area contributed by atoms with Crippen LogP contribution in [0.4, 0.5) is 0 Å². The molecular weight excluding hydrogens is 284 g/mol. The van der Waals surface area contributed by atoms with Gasteiger partial charge in [0.2, 0.25) is 0 Å². The van der Waals surface area contributed by atoms with Gasteiger partial charge in [0.15, 0.2) is 11.6 Å². The fraction of sp³-hybridized carbons (Fsp3) is 0.619. The molecule has 0 saturated heterocycles. The molecule has 0 aromatic rings. The predicted molar refractivity (Wildman–Crippen MR) is 90.8 cm³/mol. The summed E-state index contributed by atoms with van der Waals surface area (Å²) in [4.78, 5) is 24.6. The van der Waals surface area contributed by atoms with E-state index in [1.807, 2.05) is 6.08 Å². The lowest BCUT2D eigenvalue weighted by Crippen LogP contribution is -2.50. The van der Waals surface area contributed by atoms with Crippen molar-refractivity contribution in [1.29, 1.82) is 0 Å². The molecule has 2 nitrogen and oxygen atoms in total. The fourth-order valence-electron chi connectivity index (χ4n) is 6.34. The molecule has 3 fully saturated rings. The summed E-state index contributed by atoms with van der Waals surface area (Å²) >= 11 is 0. The molecule has 0 bridgehead atoms. The van der Waals surface area contributed by atoms with Crippen molar-refractivity contribution >= 4 is 11.6 Å². The van der Waals surface area contributed by atoms with Crippen LogP contribution in [0.2, 0.25) is 0 Å². The second-order valence-electron chi connectivity index (χ2n) is 8.63. The van der Waals surface area contributed by atoms with E-state index in [4.69, 9.17) is 0 Å². The molecule has 0 aromatic carbocycles. The Morgan fingerprint density at radius 2 is 1.78 bits per heavy atom. The van der Waals surface area contributed by atoms with Crippen LogP contribution < -0.4 is 0 Å². The standard InChI is InChI=1S/C21H26O2/c1-12-13(2)19(23)21(4)10-8-17-16(18(12)21)6-5-14-11-15(22)7-9-20(14,17)3/h11,16-18H,1-2,5-10H2,3-4H3/t16-,17-,18+,20+,21+/m1/s1. The van der Waals surface area contributed by atoms with E-state index in [0.29, 0.717) is 29.6 Å². The Labute approximate surface area is 138 Å². The Morgan fingerprint density at radius 1 is 1.04 bits per heavy atom. The van der Waals surface area contributed by atoms with Crippen LogP contribution in [-0.2, 0) is 9.59 Å². The molecule has 0 unspecified atom stereocenters. The Kier molecular flexibility index (Phi) is 2.99. The molecule has 0 amide bonds. The highest BCUT2D eigenvalue weighted by atomic mass is 16.1. The Hall–Kier alpha value is -1.44. The highest BCUT2D eigenvalue weighted by Crippen LogP contribution is 2.65. The van der Waals surface area contributed by atoms with Crippen molar-refractivity contribution in [3.8, 4) is 0 Å². The Balaban J connectivity index is 1.77. The molecule has 5 atom stereocenters. The van der Waals surface area contributed by atoms with E-state index in [9.17, 15) is 9.59 Å². The summed E-state index contributed by atoms with van der Waals surface area (Å²) in [5.74, 6) is 1.88. The van der Waals surface area contributed by atoms with Gasteiger partial charge >= 0.3 is 0 Å². The van der Waals surface area contributed by atoms with E-state index in [-0.39, 0.29) is 22.5 Å². The number of ketones is 2. The topological polar surface area (TPSA) is 34.1 Å². The summed E-state index contributed by atoms with van der Waals surface area (Å²) in [7, 11) is 0. The maximum atomic E-state index is 12.7. The minimum atomic E-state index is -0.280. The van der Waals surface area contributed by atoms with E-state index in [1.54, 1.807) is 0 Å². The molecule has 0 heterocycles. The summed E-state index contributed by atoms with van der Waals surface area (Å²) in [6, 6.07) is 0. The summed E-state index contributed by atoms with van der Waals surface area (Å²) < 4.78 is 0. The van der Waals surface area contributed by atoms with Crippen molar-refractivity contribution in [2.45, 2.75) is 52.4 Å². The molecule has 0 radical (unpaired) electrons. The van der Waals surface area contributed by atoms with Gasteiger partial charge in [-0.25, -0.2) is 0 Å². The molecule has 122 valence electrons. The number of fused-ring (bicyclic) bond motifs is 5. The zero-order valence-corrected chi connectivity index (χ0v) is 14.3. The van der Waals surface area contributed by atoms with Crippen molar-refractivity contribution in [3.63, 3.8) is 0 Å². The van der Waals surface area contributed by atoms with Gasteiger partial charge in [-0.05, 0) is 66.9 Å². The monoisotopic (exact) mass is 310 g/mol. The fourth-order valence-corrected chi connectivity index (χ4v) is 6.34. The van der Waals surface area contributed by atoms with Gasteiger partial charge in [0.25, 0.3) is 0 Å². The second kappa shape index (κ2) is 4.55. The number of Topliss-reactive ketones (excluding diaryl/α,β-unsaturated/α-hetero) is 1. The normalized spacial score (nSPS) is 46.2. The summed E-state index contributed by atoms with van der Waals surface area (Å²) in [6.45, 7) is 12.8. The van der Waals surface area contributed by atoms with Crippen molar-refractivity contribution in [2.24, 2.45) is 28.6 Å². The van der Waals surface area contributed by atoms with Gasteiger partial charge in [0, 0.05) is 17.4 Å². The Morgan fingerprint density at radius 3 is 2.52 bits per heavy atom.